The molecule has 0 radical (unpaired) electrons. The summed E-state index contributed by atoms with van der Waals surface area (Å²) in [6, 6.07) is 3.97. The zero-order chi connectivity index (χ0) is 14.8. The SMILES string of the molecule is COc1ccc(C)c2c1CCC(CN1CCOCC1)C2=O.Cl. The van der Waals surface area contributed by atoms with E-state index in [2.05, 4.69) is 4.90 Å². The molecule has 5 heteroatoms. The highest BCUT2D eigenvalue weighted by Gasteiger charge is 2.32. The molecule has 0 spiro atoms. The third kappa shape index (κ3) is 3.29. The molecule has 4 nitrogen and oxygen atoms in total. The van der Waals surface area contributed by atoms with E-state index in [1.54, 1.807) is 7.11 Å². The summed E-state index contributed by atoms with van der Waals surface area (Å²) >= 11 is 0. The normalized spacial score (nSPS) is 21.9. The van der Waals surface area contributed by atoms with Gasteiger partial charge in [-0.3, -0.25) is 9.69 Å². The van der Waals surface area contributed by atoms with E-state index in [1.165, 1.54) is 0 Å². The number of hydrogen-bond donors (Lipinski definition) is 0. The summed E-state index contributed by atoms with van der Waals surface area (Å²) in [6.07, 6.45) is 1.85. The predicted molar refractivity (Wildman–Crippen MR) is 88.4 cm³/mol. The highest BCUT2D eigenvalue weighted by atomic mass is 35.5. The minimum absolute atomic E-state index is 0. The Morgan fingerprint density at radius 3 is 2.73 bits per heavy atom. The fraction of sp³-hybridized carbons (Fsp3) is 0.588. The molecule has 0 amide bonds. The minimum Gasteiger partial charge on any atom is -0.496 e. The van der Waals surface area contributed by atoms with Crippen LogP contribution < -0.4 is 4.74 Å². The molecule has 1 aliphatic heterocycles. The number of fused-ring (bicyclic) bond motifs is 1. The standard InChI is InChI=1S/C17H23NO3.ClH/c1-12-3-6-15(20-2)14-5-4-13(17(19)16(12)14)11-18-7-9-21-10-8-18;/h3,6,13H,4-5,7-11H2,1-2H3;1H. The summed E-state index contributed by atoms with van der Waals surface area (Å²) in [6.45, 7) is 6.32. The van der Waals surface area contributed by atoms with Crippen molar-refractivity contribution in [3.05, 3.63) is 28.8 Å². The molecular formula is C17H24ClNO3. The van der Waals surface area contributed by atoms with Crippen LogP contribution in [0.4, 0.5) is 0 Å². The zero-order valence-corrected chi connectivity index (χ0v) is 14.1. The third-order valence-electron chi connectivity index (χ3n) is 4.64. The highest BCUT2D eigenvalue weighted by molar-refractivity contribution is 6.02. The maximum Gasteiger partial charge on any atom is 0.167 e. The molecule has 2 aliphatic rings. The van der Waals surface area contributed by atoms with Crippen LogP contribution in [0.15, 0.2) is 12.1 Å². The Morgan fingerprint density at radius 2 is 2.05 bits per heavy atom. The Balaban J connectivity index is 0.00000176. The molecule has 1 fully saturated rings. The summed E-state index contributed by atoms with van der Waals surface area (Å²) in [7, 11) is 1.68. The lowest BCUT2D eigenvalue weighted by Gasteiger charge is -2.32. The maximum absolute atomic E-state index is 12.9. The Hall–Kier alpha value is -1.10. The molecule has 1 atom stereocenters. The number of nitrogens with zero attached hydrogens (tertiary/aromatic N) is 1. The second-order valence-electron chi connectivity index (χ2n) is 5.95. The summed E-state index contributed by atoms with van der Waals surface area (Å²) in [5.41, 5.74) is 3.07. The Bertz CT molecular complexity index is 541. The van der Waals surface area contributed by atoms with Crippen LogP contribution in [0.3, 0.4) is 0 Å². The van der Waals surface area contributed by atoms with Crippen LogP contribution in [-0.4, -0.2) is 50.6 Å². The first-order valence-electron chi connectivity index (χ1n) is 7.71. The number of ether oxygens (including phenoxy) is 2. The molecule has 1 unspecified atom stereocenters. The summed E-state index contributed by atoms with van der Waals surface area (Å²) < 4.78 is 10.8. The smallest absolute Gasteiger partial charge is 0.167 e. The van der Waals surface area contributed by atoms with Crippen LogP contribution in [0, 0.1) is 12.8 Å². The molecule has 0 N–H and O–H groups in total. The quantitative estimate of drug-likeness (QED) is 0.856. The van der Waals surface area contributed by atoms with E-state index in [0.717, 1.165) is 68.1 Å². The number of benzene rings is 1. The molecule has 1 saturated heterocycles. The molecule has 1 aromatic carbocycles. The van der Waals surface area contributed by atoms with Gasteiger partial charge in [0.15, 0.2) is 5.78 Å². The Labute approximate surface area is 138 Å². The highest BCUT2D eigenvalue weighted by Crippen LogP contribution is 2.34. The van der Waals surface area contributed by atoms with Gasteiger partial charge in [-0.25, -0.2) is 0 Å². The van der Waals surface area contributed by atoms with Crippen LogP contribution in [0.25, 0.3) is 0 Å². The number of aryl methyl sites for hydroxylation is 1. The lowest BCUT2D eigenvalue weighted by molar-refractivity contribution is 0.0291. The largest absolute Gasteiger partial charge is 0.496 e. The van der Waals surface area contributed by atoms with Crippen molar-refractivity contribution in [3.63, 3.8) is 0 Å². The molecule has 0 bridgehead atoms. The van der Waals surface area contributed by atoms with E-state index in [0.29, 0.717) is 5.78 Å². The number of halogens is 1. The summed E-state index contributed by atoms with van der Waals surface area (Å²) in [5.74, 6) is 1.26. The van der Waals surface area contributed by atoms with Gasteiger partial charge in [-0.15, -0.1) is 12.4 Å². The summed E-state index contributed by atoms with van der Waals surface area (Å²) in [5, 5.41) is 0. The van der Waals surface area contributed by atoms with Crippen LogP contribution in [0.5, 0.6) is 5.75 Å². The molecule has 0 saturated carbocycles. The van der Waals surface area contributed by atoms with Gasteiger partial charge in [-0.2, -0.15) is 0 Å². The minimum atomic E-state index is 0. The van der Waals surface area contributed by atoms with Gasteiger partial charge in [-0.1, -0.05) is 6.07 Å². The topological polar surface area (TPSA) is 38.8 Å². The van der Waals surface area contributed by atoms with Gasteiger partial charge >= 0.3 is 0 Å². The van der Waals surface area contributed by atoms with Crippen molar-refractivity contribution in [2.45, 2.75) is 19.8 Å². The van der Waals surface area contributed by atoms with E-state index in [9.17, 15) is 4.79 Å². The number of morpholine rings is 1. The van der Waals surface area contributed by atoms with Crippen molar-refractivity contribution in [1.29, 1.82) is 0 Å². The van der Waals surface area contributed by atoms with E-state index >= 15 is 0 Å². The average Bonchev–Trinajstić information content (AvgIpc) is 2.51. The lowest BCUT2D eigenvalue weighted by Crippen LogP contribution is -2.42. The van der Waals surface area contributed by atoms with E-state index < -0.39 is 0 Å². The van der Waals surface area contributed by atoms with Crippen molar-refractivity contribution in [2.75, 3.05) is 40.0 Å². The molecule has 1 aliphatic carbocycles. The van der Waals surface area contributed by atoms with Crippen LogP contribution >= 0.6 is 12.4 Å². The van der Waals surface area contributed by atoms with Crippen LogP contribution in [0.2, 0.25) is 0 Å². The molecule has 3 rings (SSSR count). The van der Waals surface area contributed by atoms with Gasteiger partial charge in [0.05, 0.1) is 20.3 Å². The Morgan fingerprint density at radius 1 is 1.32 bits per heavy atom. The van der Waals surface area contributed by atoms with E-state index in [4.69, 9.17) is 9.47 Å². The van der Waals surface area contributed by atoms with Crippen molar-refractivity contribution >= 4 is 18.2 Å². The Kier molecular flexibility index (Phi) is 5.84. The first kappa shape index (κ1) is 17.3. The van der Waals surface area contributed by atoms with Gasteiger partial charge < -0.3 is 9.47 Å². The number of hydrogen-bond acceptors (Lipinski definition) is 4. The monoisotopic (exact) mass is 325 g/mol. The van der Waals surface area contributed by atoms with Crippen LogP contribution in [0.1, 0.15) is 27.9 Å². The van der Waals surface area contributed by atoms with Crippen molar-refractivity contribution < 1.29 is 14.3 Å². The maximum atomic E-state index is 12.9. The fourth-order valence-electron chi connectivity index (χ4n) is 3.45. The number of methoxy groups -OCH3 is 1. The predicted octanol–water partition coefficient (Wildman–Crippen LogP) is 2.50. The van der Waals surface area contributed by atoms with E-state index in [-0.39, 0.29) is 18.3 Å². The number of rotatable bonds is 3. The second kappa shape index (κ2) is 7.44. The van der Waals surface area contributed by atoms with Crippen molar-refractivity contribution in [1.82, 2.24) is 4.90 Å². The zero-order valence-electron chi connectivity index (χ0n) is 13.3. The molecule has 0 aromatic heterocycles. The number of carbonyl (C=O) groups is 1. The van der Waals surface area contributed by atoms with Gasteiger partial charge in [0.2, 0.25) is 0 Å². The van der Waals surface area contributed by atoms with Crippen molar-refractivity contribution in [2.24, 2.45) is 5.92 Å². The fourth-order valence-corrected chi connectivity index (χ4v) is 3.45. The number of carbonyl (C=O) groups excluding carboxylic acids is 1. The molecule has 1 aromatic rings. The lowest BCUT2D eigenvalue weighted by atomic mass is 9.80. The summed E-state index contributed by atoms with van der Waals surface area (Å²) in [4.78, 5) is 15.2. The first-order valence-corrected chi connectivity index (χ1v) is 7.71. The molecular weight excluding hydrogens is 302 g/mol. The van der Waals surface area contributed by atoms with Gasteiger partial charge in [0.1, 0.15) is 5.75 Å². The van der Waals surface area contributed by atoms with Gasteiger partial charge in [-0.05, 0) is 31.4 Å². The van der Waals surface area contributed by atoms with Gasteiger partial charge in [0.25, 0.3) is 0 Å². The van der Waals surface area contributed by atoms with Gasteiger partial charge in [0, 0.05) is 36.7 Å². The number of ketones is 1. The van der Waals surface area contributed by atoms with Crippen molar-refractivity contribution in [3.8, 4) is 5.75 Å². The first-order chi connectivity index (χ1) is 10.2. The number of Topliss-reactive ketones (excluding diaryl/α,β-unsaturated/α-hetero) is 1. The second-order valence-corrected chi connectivity index (χ2v) is 5.95. The third-order valence-corrected chi connectivity index (χ3v) is 4.64. The molecule has 1 heterocycles. The average molecular weight is 326 g/mol. The van der Waals surface area contributed by atoms with E-state index in [1.807, 2.05) is 19.1 Å². The van der Waals surface area contributed by atoms with Crippen LogP contribution in [-0.2, 0) is 11.2 Å². The molecule has 22 heavy (non-hydrogen) atoms. The molecule has 122 valence electrons.